The topological polar surface area (TPSA) is 59.1 Å². The van der Waals surface area contributed by atoms with Gasteiger partial charge in [0.05, 0.1) is 19.9 Å². The third kappa shape index (κ3) is 3.91. The Morgan fingerprint density at radius 3 is 2.16 bits per heavy atom. The molecule has 4 rings (SSSR count). The molecule has 0 aromatic heterocycles. The zero-order chi connectivity index (χ0) is 22.8. The van der Waals surface area contributed by atoms with Crippen LogP contribution in [0.1, 0.15) is 22.7 Å². The van der Waals surface area contributed by atoms with Gasteiger partial charge >= 0.3 is 0 Å². The van der Waals surface area contributed by atoms with Gasteiger partial charge in [-0.15, -0.1) is 0 Å². The third-order valence-corrected chi connectivity index (χ3v) is 5.60. The first kappa shape index (κ1) is 21.4. The zero-order valence-electron chi connectivity index (χ0n) is 18.7. The summed E-state index contributed by atoms with van der Waals surface area (Å²) in [5.74, 6) is 0.697. The fourth-order valence-electron chi connectivity index (χ4n) is 4.21. The Balaban J connectivity index is 1.86. The Hall–Kier alpha value is -3.80. The van der Waals surface area contributed by atoms with Gasteiger partial charge in [0.15, 0.2) is 0 Å². The van der Waals surface area contributed by atoms with Crippen molar-refractivity contribution in [1.29, 1.82) is 0 Å². The molecular weight excluding hydrogens is 404 g/mol. The van der Waals surface area contributed by atoms with Crippen molar-refractivity contribution in [2.24, 2.45) is 0 Å². The number of anilines is 2. The summed E-state index contributed by atoms with van der Waals surface area (Å²) in [5.41, 5.74) is 4.03. The number of hydrogen-bond acceptors (Lipinski definition) is 4. The number of hydrogen-bond donors (Lipinski definition) is 0. The number of rotatable bonds is 5. The summed E-state index contributed by atoms with van der Waals surface area (Å²) in [6, 6.07) is 19.7. The number of aryl methyl sites for hydroxylation is 2. The van der Waals surface area contributed by atoms with Gasteiger partial charge in [0.1, 0.15) is 24.1 Å². The van der Waals surface area contributed by atoms with Crippen molar-refractivity contribution in [1.82, 2.24) is 0 Å². The molecule has 1 heterocycles. The second-order valence-electron chi connectivity index (χ2n) is 7.89. The van der Waals surface area contributed by atoms with Crippen LogP contribution in [0.25, 0.3) is 0 Å². The van der Waals surface area contributed by atoms with E-state index in [1.807, 2.05) is 62.4 Å². The van der Waals surface area contributed by atoms with E-state index in [0.717, 1.165) is 16.7 Å². The van der Waals surface area contributed by atoms with Crippen LogP contribution in [0.15, 0.2) is 66.7 Å². The smallest absolute Gasteiger partial charge is 0.255 e. The molecule has 0 radical (unpaired) electrons. The fraction of sp³-hybridized carbons (Fsp3) is 0.231. The van der Waals surface area contributed by atoms with E-state index in [0.29, 0.717) is 22.9 Å². The van der Waals surface area contributed by atoms with Crippen LogP contribution >= 0.6 is 0 Å². The van der Waals surface area contributed by atoms with Crippen LogP contribution in [0.5, 0.6) is 11.5 Å². The minimum Gasteiger partial charge on any atom is -0.497 e. The monoisotopic (exact) mass is 430 g/mol. The summed E-state index contributed by atoms with van der Waals surface area (Å²) in [6.45, 7) is 3.87. The van der Waals surface area contributed by atoms with Crippen molar-refractivity contribution >= 4 is 23.2 Å². The molecule has 164 valence electrons. The Bertz CT molecular complexity index is 1140. The predicted octanol–water partition coefficient (Wildman–Crippen LogP) is 4.44. The van der Waals surface area contributed by atoms with E-state index in [4.69, 9.17) is 9.47 Å². The first-order valence-corrected chi connectivity index (χ1v) is 10.4. The van der Waals surface area contributed by atoms with Crippen LogP contribution in [-0.4, -0.2) is 32.6 Å². The van der Waals surface area contributed by atoms with Gasteiger partial charge in [-0.05, 0) is 54.8 Å². The van der Waals surface area contributed by atoms with Crippen LogP contribution < -0.4 is 19.3 Å². The van der Waals surface area contributed by atoms with Crippen LogP contribution in [0.2, 0.25) is 0 Å². The standard InChI is InChI=1S/C26H26N2O4/c1-17-12-18(2)14-20(13-17)28-24(29)16-27(22-15-21(31-3)10-11-23(22)32-4)26(30)25(28)19-8-6-5-7-9-19/h5-15,25H,16H2,1-4H3/t25-/m0/s1. The number of piperazine rings is 1. The molecule has 6 heteroatoms. The summed E-state index contributed by atoms with van der Waals surface area (Å²) in [6.07, 6.45) is 0. The maximum absolute atomic E-state index is 13.9. The largest absolute Gasteiger partial charge is 0.497 e. The number of amides is 2. The summed E-state index contributed by atoms with van der Waals surface area (Å²) < 4.78 is 10.8. The molecule has 0 saturated carbocycles. The van der Waals surface area contributed by atoms with Crippen molar-refractivity contribution in [2.75, 3.05) is 30.6 Å². The lowest BCUT2D eigenvalue weighted by Gasteiger charge is -2.41. The van der Waals surface area contributed by atoms with E-state index in [9.17, 15) is 9.59 Å². The minimum absolute atomic E-state index is 0.0985. The highest BCUT2D eigenvalue weighted by Gasteiger charge is 2.42. The SMILES string of the molecule is COc1ccc(OC)c(N2CC(=O)N(c3cc(C)cc(C)c3)[C@@H](c3ccccc3)C2=O)c1. The second kappa shape index (κ2) is 8.75. The number of carbonyl (C=O) groups is 2. The van der Waals surface area contributed by atoms with Crippen molar-refractivity contribution < 1.29 is 19.1 Å². The average Bonchev–Trinajstić information content (AvgIpc) is 2.79. The van der Waals surface area contributed by atoms with E-state index in [1.165, 1.54) is 12.0 Å². The quantitative estimate of drug-likeness (QED) is 0.600. The molecule has 0 spiro atoms. The van der Waals surface area contributed by atoms with Crippen LogP contribution in [0.3, 0.4) is 0 Å². The van der Waals surface area contributed by atoms with Gasteiger partial charge in [-0.1, -0.05) is 36.4 Å². The van der Waals surface area contributed by atoms with Crippen LogP contribution in [0.4, 0.5) is 11.4 Å². The van der Waals surface area contributed by atoms with Gasteiger partial charge in [-0.25, -0.2) is 0 Å². The molecule has 0 N–H and O–H groups in total. The van der Waals surface area contributed by atoms with E-state index >= 15 is 0 Å². The van der Waals surface area contributed by atoms with Gasteiger partial charge in [-0.2, -0.15) is 0 Å². The summed E-state index contributed by atoms with van der Waals surface area (Å²) >= 11 is 0. The lowest BCUT2D eigenvalue weighted by molar-refractivity contribution is -0.128. The Labute approximate surface area is 188 Å². The highest BCUT2D eigenvalue weighted by atomic mass is 16.5. The molecular formula is C26H26N2O4. The third-order valence-electron chi connectivity index (χ3n) is 5.60. The average molecular weight is 431 g/mol. The summed E-state index contributed by atoms with van der Waals surface area (Å²) in [4.78, 5) is 30.6. The normalized spacial score (nSPS) is 16.3. The van der Waals surface area contributed by atoms with Gasteiger partial charge in [0.25, 0.3) is 5.91 Å². The number of nitrogens with zero attached hydrogens (tertiary/aromatic N) is 2. The van der Waals surface area contributed by atoms with E-state index < -0.39 is 6.04 Å². The molecule has 1 aliphatic rings. The number of ether oxygens (including phenoxy) is 2. The number of benzene rings is 3. The van der Waals surface area contributed by atoms with E-state index in [1.54, 1.807) is 30.2 Å². The van der Waals surface area contributed by atoms with Crippen molar-refractivity contribution in [3.63, 3.8) is 0 Å². The molecule has 0 bridgehead atoms. The van der Waals surface area contributed by atoms with Gasteiger partial charge < -0.3 is 9.47 Å². The maximum atomic E-state index is 13.9. The van der Waals surface area contributed by atoms with Crippen LogP contribution in [-0.2, 0) is 9.59 Å². The molecule has 1 atom stereocenters. The zero-order valence-corrected chi connectivity index (χ0v) is 18.7. The molecule has 3 aromatic carbocycles. The fourth-order valence-corrected chi connectivity index (χ4v) is 4.21. The molecule has 1 fully saturated rings. The van der Waals surface area contributed by atoms with E-state index in [2.05, 4.69) is 0 Å². The number of carbonyl (C=O) groups excluding carboxylic acids is 2. The van der Waals surface area contributed by atoms with Crippen LogP contribution in [0, 0.1) is 13.8 Å². The molecule has 0 unspecified atom stereocenters. The van der Waals surface area contributed by atoms with Gasteiger partial charge in [0.2, 0.25) is 5.91 Å². The van der Waals surface area contributed by atoms with Crippen molar-refractivity contribution in [2.45, 2.75) is 19.9 Å². The van der Waals surface area contributed by atoms with E-state index in [-0.39, 0.29) is 18.4 Å². The van der Waals surface area contributed by atoms with Gasteiger partial charge in [-0.3, -0.25) is 19.4 Å². The Morgan fingerprint density at radius 2 is 1.53 bits per heavy atom. The molecule has 0 aliphatic carbocycles. The van der Waals surface area contributed by atoms with Crippen molar-refractivity contribution in [3.8, 4) is 11.5 Å². The molecule has 1 aliphatic heterocycles. The minimum atomic E-state index is -0.797. The number of methoxy groups -OCH3 is 2. The first-order valence-electron chi connectivity index (χ1n) is 10.4. The first-order chi connectivity index (χ1) is 15.4. The predicted molar refractivity (Wildman–Crippen MR) is 124 cm³/mol. The Kier molecular flexibility index (Phi) is 5.86. The van der Waals surface area contributed by atoms with Crippen molar-refractivity contribution in [3.05, 3.63) is 83.4 Å². The molecule has 6 nitrogen and oxygen atoms in total. The summed E-state index contributed by atoms with van der Waals surface area (Å²) in [5, 5.41) is 0. The molecule has 3 aromatic rings. The molecule has 2 amide bonds. The summed E-state index contributed by atoms with van der Waals surface area (Å²) in [7, 11) is 3.10. The second-order valence-corrected chi connectivity index (χ2v) is 7.89. The lowest BCUT2D eigenvalue weighted by Crippen LogP contribution is -2.56. The maximum Gasteiger partial charge on any atom is 0.255 e. The highest BCUT2D eigenvalue weighted by molar-refractivity contribution is 6.15. The lowest BCUT2D eigenvalue weighted by atomic mass is 9.98. The molecule has 1 saturated heterocycles. The highest BCUT2D eigenvalue weighted by Crippen LogP contribution is 2.39. The Morgan fingerprint density at radius 1 is 0.844 bits per heavy atom. The molecule has 32 heavy (non-hydrogen) atoms. The van der Waals surface area contributed by atoms with Gasteiger partial charge in [0, 0.05) is 11.8 Å².